The highest BCUT2D eigenvalue weighted by atomic mass is 32.2. The third-order valence-electron chi connectivity index (χ3n) is 6.66. The minimum atomic E-state index is -4.88. The van der Waals surface area contributed by atoms with Crippen LogP contribution in [-0.4, -0.2) is 45.9 Å². The van der Waals surface area contributed by atoms with E-state index in [1.807, 2.05) is 42.2 Å². The molecule has 6 nitrogen and oxygen atoms in total. The van der Waals surface area contributed by atoms with Gasteiger partial charge in [0.2, 0.25) is 9.84 Å². The van der Waals surface area contributed by atoms with Gasteiger partial charge in [-0.3, -0.25) is 4.98 Å². The third kappa shape index (κ3) is 5.26. The second-order valence-corrected chi connectivity index (χ2v) is 10.9. The van der Waals surface area contributed by atoms with Crippen LogP contribution in [0.15, 0.2) is 88.8 Å². The fourth-order valence-electron chi connectivity index (χ4n) is 4.72. The van der Waals surface area contributed by atoms with Gasteiger partial charge in [0.05, 0.1) is 16.1 Å². The van der Waals surface area contributed by atoms with E-state index in [9.17, 15) is 21.6 Å². The molecular weight excluding hydrogens is 515 g/mol. The number of hydrogen-bond donors (Lipinski definition) is 0. The summed E-state index contributed by atoms with van der Waals surface area (Å²) in [6, 6.07) is 20.3. The molecule has 0 spiro atoms. The summed E-state index contributed by atoms with van der Waals surface area (Å²) < 4.78 is 70.9. The van der Waals surface area contributed by atoms with Crippen LogP contribution in [0.25, 0.3) is 10.9 Å². The van der Waals surface area contributed by atoms with Crippen LogP contribution in [-0.2, 0) is 16.3 Å². The molecule has 10 heteroatoms. The number of aryl methyl sites for hydroxylation is 1. The van der Waals surface area contributed by atoms with Gasteiger partial charge in [0, 0.05) is 43.4 Å². The average Bonchev–Trinajstić information content (AvgIpc) is 2.92. The SMILES string of the molecule is CCc1ccc(S(=O)(=O)c2cnc3ccc(OC(F)(F)F)cc3c2N2CCN(c3ccccc3)CC2)cc1. The Morgan fingerprint density at radius 2 is 1.55 bits per heavy atom. The minimum Gasteiger partial charge on any atom is -0.406 e. The molecule has 2 heterocycles. The summed E-state index contributed by atoms with van der Waals surface area (Å²) in [5.41, 5.74) is 2.75. The van der Waals surface area contributed by atoms with Crippen LogP contribution in [0.5, 0.6) is 5.75 Å². The number of benzene rings is 3. The van der Waals surface area contributed by atoms with Crippen LogP contribution in [0.1, 0.15) is 12.5 Å². The van der Waals surface area contributed by atoms with Crippen LogP contribution in [0.2, 0.25) is 0 Å². The molecule has 1 aliphatic rings. The quantitative estimate of drug-likeness (QED) is 0.305. The van der Waals surface area contributed by atoms with E-state index in [2.05, 4.69) is 14.6 Å². The zero-order valence-corrected chi connectivity index (χ0v) is 21.5. The Kier molecular flexibility index (Phi) is 6.92. The summed E-state index contributed by atoms with van der Waals surface area (Å²) >= 11 is 0. The van der Waals surface area contributed by atoms with E-state index < -0.39 is 21.9 Å². The number of pyridine rings is 1. The van der Waals surface area contributed by atoms with Gasteiger partial charge >= 0.3 is 6.36 Å². The van der Waals surface area contributed by atoms with Crippen molar-refractivity contribution in [2.45, 2.75) is 29.5 Å². The molecule has 0 saturated carbocycles. The predicted molar refractivity (Wildman–Crippen MR) is 141 cm³/mol. The monoisotopic (exact) mass is 541 g/mol. The first-order chi connectivity index (χ1) is 18.2. The maximum Gasteiger partial charge on any atom is 0.573 e. The van der Waals surface area contributed by atoms with Gasteiger partial charge in [-0.15, -0.1) is 13.2 Å². The van der Waals surface area contributed by atoms with Gasteiger partial charge in [0.25, 0.3) is 0 Å². The highest BCUT2D eigenvalue weighted by Crippen LogP contribution is 2.39. The lowest BCUT2D eigenvalue weighted by Gasteiger charge is -2.38. The van der Waals surface area contributed by atoms with E-state index in [1.54, 1.807) is 24.3 Å². The van der Waals surface area contributed by atoms with E-state index in [1.165, 1.54) is 24.4 Å². The second kappa shape index (κ2) is 10.2. The largest absolute Gasteiger partial charge is 0.573 e. The van der Waals surface area contributed by atoms with Gasteiger partial charge in [-0.05, 0) is 54.4 Å². The van der Waals surface area contributed by atoms with Gasteiger partial charge in [0.15, 0.2) is 0 Å². The number of halogens is 3. The number of piperazine rings is 1. The van der Waals surface area contributed by atoms with E-state index >= 15 is 0 Å². The number of hydrogen-bond acceptors (Lipinski definition) is 6. The van der Waals surface area contributed by atoms with Crippen molar-refractivity contribution < 1.29 is 26.3 Å². The summed E-state index contributed by atoms with van der Waals surface area (Å²) in [5.74, 6) is -0.433. The Balaban J connectivity index is 1.61. The van der Waals surface area contributed by atoms with Crippen LogP contribution >= 0.6 is 0 Å². The molecule has 0 amide bonds. The highest BCUT2D eigenvalue weighted by molar-refractivity contribution is 7.91. The Labute approximate surface area is 219 Å². The van der Waals surface area contributed by atoms with E-state index in [0.717, 1.165) is 17.7 Å². The molecule has 198 valence electrons. The predicted octanol–water partition coefficient (Wildman–Crippen LogP) is 5.86. The molecule has 3 aromatic carbocycles. The molecule has 0 bridgehead atoms. The van der Waals surface area contributed by atoms with Crippen molar-refractivity contribution >= 4 is 32.1 Å². The average molecular weight is 542 g/mol. The topological polar surface area (TPSA) is 62.7 Å². The number of ether oxygens (including phenoxy) is 1. The lowest BCUT2D eigenvalue weighted by Crippen LogP contribution is -2.47. The van der Waals surface area contributed by atoms with Crippen molar-refractivity contribution in [3.05, 3.63) is 84.6 Å². The molecule has 0 aliphatic carbocycles. The molecule has 38 heavy (non-hydrogen) atoms. The minimum absolute atomic E-state index is 0.0495. The molecule has 1 aromatic heterocycles. The summed E-state index contributed by atoms with van der Waals surface area (Å²) in [4.78, 5) is 8.46. The van der Waals surface area contributed by atoms with Gasteiger partial charge < -0.3 is 14.5 Å². The van der Waals surface area contributed by atoms with Crippen molar-refractivity contribution in [1.82, 2.24) is 4.98 Å². The Hall–Kier alpha value is -3.79. The Bertz CT molecular complexity index is 1540. The fraction of sp³-hybridized carbons (Fsp3) is 0.250. The summed E-state index contributed by atoms with van der Waals surface area (Å²) in [7, 11) is -4.03. The highest BCUT2D eigenvalue weighted by Gasteiger charge is 2.32. The molecule has 1 saturated heterocycles. The number of fused-ring (bicyclic) bond motifs is 1. The number of sulfone groups is 1. The van der Waals surface area contributed by atoms with Crippen molar-refractivity contribution in [3.63, 3.8) is 0 Å². The van der Waals surface area contributed by atoms with Crippen molar-refractivity contribution in [2.75, 3.05) is 36.0 Å². The molecule has 4 aromatic rings. The number of anilines is 2. The molecule has 0 N–H and O–H groups in total. The van der Waals surface area contributed by atoms with Crippen molar-refractivity contribution in [3.8, 4) is 5.75 Å². The van der Waals surface area contributed by atoms with Gasteiger partial charge in [-0.25, -0.2) is 8.42 Å². The maximum absolute atomic E-state index is 13.9. The smallest absolute Gasteiger partial charge is 0.406 e. The summed E-state index contributed by atoms with van der Waals surface area (Å²) in [6.45, 7) is 4.13. The second-order valence-electron chi connectivity index (χ2n) is 9.01. The zero-order chi connectivity index (χ0) is 26.9. The molecule has 0 unspecified atom stereocenters. The number of alkyl halides is 3. The van der Waals surface area contributed by atoms with Crippen LogP contribution in [0.4, 0.5) is 24.5 Å². The molecule has 0 radical (unpaired) electrons. The van der Waals surface area contributed by atoms with Crippen LogP contribution in [0, 0.1) is 0 Å². The van der Waals surface area contributed by atoms with Crippen molar-refractivity contribution in [1.29, 1.82) is 0 Å². The molecule has 0 atom stereocenters. The maximum atomic E-state index is 13.9. The fourth-order valence-corrected chi connectivity index (χ4v) is 6.15. The van der Waals surface area contributed by atoms with Crippen LogP contribution in [0.3, 0.4) is 0 Å². The molecule has 1 aliphatic heterocycles. The Morgan fingerprint density at radius 3 is 2.18 bits per heavy atom. The lowest BCUT2D eigenvalue weighted by atomic mass is 10.1. The molecular formula is C28H26F3N3O3S. The molecule has 1 fully saturated rings. The van der Waals surface area contributed by atoms with Crippen LogP contribution < -0.4 is 14.5 Å². The zero-order valence-electron chi connectivity index (χ0n) is 20.6. The van der Waals surface area contributed by atoms with E-state index in [0.29, 0.717) is 37.4 Å². The lowest BCUT2D eigenvalue weighted by molar-refractivity contribution is -0.274. The first-order valence-electron chi connectivity index (χ1n) is 12.2. The third-order valence-corrected chi connectivity index (χ3v) is 8.43. The number of rotatable bonds is 6. The summed E-state index contributed by atoms with van der Waals surface area (Å²) in [6.07, 6.45) is -2.82. The van der Waals surface area contributed by atoms with E-state index in [4.69, 9.17) is 0 Å². The van der Waals surface area contributed by atoms with Crippen molar-refractivity contribution in [2.24, 2.45) is 0 Å². The standard InChI is InChI=1S/C28H26F3N3O3S/c1-2-20-8-11-23(12-9-20)38(35,36)26-19-32-25-13-10-22(37-28(29,30)31)18-24(25)27(26)34-16-14-33(15-17-34)21-6-4-3-5-7-21/h3-13,18-19H,2,14-17H2,1H3. The normalized spacial score (nSPS) is 14.6. The van der Waals surface area contributed by atoms with Gasteiger partial charge in [-0.1, -0.05) is 37.3 Å². The number of para-hydroxylation sites is 1. The van der Waals surface area contributed by atoms with Gasteiger partial charge in [0.1, 0.15) is 10.6 Å². The number of nitrogens with zero attached hydrogens (tertiary/aromatic N) is 3. The first-order valence-corrected chi connectivity index (χ1v) is 13.7. The first kappa shape index (κ1) is 25.8. The summed E-state index contributed by atoms with van der Waals surface area (Å²) in [5, 5.41) is 0.283. The molecule has 5 rings (SSSR count). The van der Waals surface area contributed by atoms with Gasteiger partial charge in [-0.2, -0.15) is 0 Å². The number of aromatic nitrogens is 1. The van der Waals surface area contributed by atoms with E-state index in [-0.39, 0.29) is 15.2 Å². The Morgan fingerprint density at radius 1 is 0.895 bits per heavy atom.